The van der Waals surface area contributed by atoms with Crippen LogP contribution in [0.25, 0.3) is 6.08 Å². The predicted molar refractivity (Wildman–Crippen MR) is 108 cm³/mol. The van der Waals surface area contributed by atoms with Gasteiger partial charge in [0, 0.05) is 12.4 Å². The van der Waals surface area contributed by atoms with Crippen molar-refractivity contribution in [1.29, 1.82) is 0 Å². The molecule has 0 saturated carbocycles. The maximum Gasteiger partial charge on any atom is 0.134 e. The van der Waals surface area contributed by atoms with Crippen LogP contribution >= 0.6 is 0 Å². The van der Waals surface area contributed by atoms with E-state index in [-0.39, 0.29) is 5.41 Å². The summed E-state index contributed by atoms with van der Waals surface area (Å²) < 4.78 is 6.22. The Morgan fingerprint density at radius 1 is 1.27 bits per heavy atom. The lowest BCUT2D eigenvalue weighted by molar-refractivity contribution is 0.0447. The number of aliphatic hydroxyl groups excluding tert-OH is 1. The molecule has 0 aliphatic carbocycles. The van der Waals surface area contributed by atoms with E-state index in [1.54, 1.807) is 12.4 Å². The zero-order chi connectivity index (χ0) is 19.2. The third-order valence-corrected chi connectivity index (χ3v) is 4.74. The molecule has 0 spiro atoms. The summed E-state index contributed by atoms with van der Waals surface area (Å²) in [7, 11) is 0. The fourth-order valence-electron chi connectivity index (χ4n) is 2.98. The summed E-state index contributed by atoms with van der Waals surface area (Å²) in [6.45, 7) is 10.4. The minimum Gasteiger partial charge on any atom is -0.459 e. The Kier molecular flexibility index (Phi) is 6.98. The third-order valence-electron chi connectivity index (χ3n) is 4.74. The number of ether oxygens (including phenoxy) is 1. The first-order valence-corrected chi connectivity index (χ1v) is 9.38. The van der Waals surface area contributed by atoms with Crippen LogP contribution in [0.1, 0.15) is 56.7 Å². The Hall–Kier alpha value is -2.13. The van der Waals surface area contributed by atoms with E-state index >= 15 is 0 Å². The van der Waals surface area contributed by atoms with E-state index in [9.17, 15) is 5.11 Å². The van der Waals surface area contributed by atoms with Crippen molar-refractivity contribution in [2.75, 3.05) is 0 Å². The smallest absolute Gasteiger partial charge is 0.134 e. The molecule has 0 radical (unpaired) electrons. The Bertz CT molecular complexity index is 735. The van der Waals surface area contributed by atoms with Gasteiger partial charge >= 0.3 is 0 Å². The van der Waals surface area contributed by atoms with Gasteiger partial charge in [-0.15, -0.1) is 0 Å². The highest BCUT2D eigenvalue weighted by Gasteiger charge is 2.32. The van der Waals surface area contributed by atoms with Crippen LogP contribution in [0.5, 0.6) is 5.75 Å². The molecule has 1 aromatic heterocycles. The molecule has 0 bridgehead atoms. The predicted octanol–water partition coefficient (Wildman–Crippen LogP) is 5.70. The van der Waals surface area contributed by atoms with Crippen LogP contribution in [0.3, 0.4) is 0 Å². The molecule has 3 nitrogen and oxygen atoms in total. The van der Waals surface area contributed by atoms with Gasteiger partial charge in [0.15, 0.2) is 0 Å². The van der Waals surface area contributed by atoms with Gasteiger partial charge in [0.1, 0.15) is 17.6 Å². The second-order valence-electron chi connectivity index (χ2n) is 7.70. The normalized spacial score (nSPS) is 13.5. The number of aromatic nitrogens is 1. The van der Waals surface area contributed by atoms with Crippen LogP contribution in [0.2, 0.25) is 0 Å². The summed E-state index contributed by atoms with van der Waals surface area (Å²) in [5.74, 6) is 1.34. The first kappa shape index (κ1) is 20.2. The minimum atomic E-state index is -0.699. The van der Waals surface area contributed by atoms with Crippen LogP contribution < -0.4 is 4.74 Å². The second-order valence-corrected chi connectivity index (χ2v) is 7.70. The molecular weight excluding hydrogens is 322 g/mol. The van der Waals surface area contributed by atoms with E-state index in [2.05, 4.69) is 38.7 Å². The Balaban J connectivity index is 2.37. The molecule has 0 aliphatic heterocycles. The summed E-state index contributed by atoms with van der Waals surface area (Å²) in [5, 5.41) is 11.1. The first-order valence-electron chi connectivity index (χ1n) is 9.38. The van der Waals surface area contributed by atoms with Crippen molar-refractivity contribution in [2.45, 2.75) is 60.0 Å². The van der Waals surface area contributed by atoms with Crippen LogP contribution in [-0.2, 0) is 0 Å². The summed E-state index contributed by atoms with van der Waals surface area (Å²) in [6, 6.07) is 9.93. The number of rotatable bonds is 8. The van der Waals surface area contributed by atoms with Crippen molar-refractivity contribution in [3.8, 4) is 5.75 Å². The highest BCUT2D eigenvalue weighted by molar-refractivity contribution is 5.52. The summed E-state index contributed by atoms with van der Waals surface area (Å²) in [6.07, 6.45) is 7.83. The third kappa shape index (κ3) is 5.43. The fourth-order valence-corrected chi connectivity index (χ4v) is 2.98. The van der Waals surface area contributed by atoms with Crippen molar-refractivity contribution in [3.63, 3.8) is 0 Å². The van der Waals surface area contributed by atoms with Crippen molar-refractivity contribution in [1.82, 2.24) is 4.98 Å². The molecule has 1 aromatic carbocycles. The fraction of sp³-hybridized carbons (Fsp3) is 0.435. The topological polar surface area (TPSA) is 42.4 Å². The van der Waals surface area contributed by atoms with Crippen molar-refractivity contribution in [2.24, 2.45) is 5.41 Å². The van der Waals surface area contributed by atoms with Gasteiger partial charge < -0.3 is 9.84 Å². The van der Waals surface area contributed by atoms with Crippen LogP contribution in [-0.4, -0.2) is 16.2 Å². The number of nitrogens with zero attached hydrogens (tertiary/aromatic N) is 1. The summed E-state index contributed by atoms with van der Waals surface area (Å²) in [4.78, 5) is 4.16. The van der Waals surface area contributed by atoms with Gasteiger partial charge in [-0.2, -0.15) is 0 Å². The molecule has 3 heteroatoms. The van der Waals surface area contributed by atoms with Gasteiger partial charge in [0.2, 0.25) is 0 Å². The number of aryl methyl sites for hydroxylation is 2. The number of benzene rings is 1. The number of hydrogen-bond acceptors (Lipinski definition) is 3. The summed E-state index contributed by atoms with van der Waals surface area (Å²) in [5.41, 5.74) is 2.89. The lowest BCUT2D eigenvalue weighted by Crippen LogP contribution is -2.33. The van der Waals surface area contributed by atoms with Gasteiger partial charge in [0.25, 0.3) is 0 Å². The Labute approximate surface area is 157 Å². The zero-order valence-electron chi connectivity index (χ0n) is 16.6. The van der Waals surface area contributed by atoms with E-state index in [4.69, 9.17) is 4.74 Å². The monoisotopic (exact) mass is 353 g/mol. The van der Waals surface area contributed by atoms with E-state index in [1.165, 1.54) is 5.56 Å². The number of aliphatic hydroxyl groups is 1. The van der Waals surface area contributed by atoms with E-state index in [0.717, 1.165) is 36.1 Å². The molecule has 1 N–H and O–H groups in total. The molecule has 0 aliphatic rings. The largest absolute Gasteiger partial charge is 0.459 e. The molecular formula is C23H31NO2. The molecule has 26 heavy (non-hydrogen) atoms. The van der Waals surface area contributed by atoms with Gasteiger partial charge in [-0.25, -0.2) is 0 Å². The highest BCUT2D eigenvalue weighted by Crippen LogP contribution is 2.34. The van der Waals surface area contributed by atoms with E-state index in [1.807, 2.05) is 37.3 Å². The van der Waals surface area contributed by atoms with Gasteiger partial charge in [-0.3, -0.25) is 4.98 Å². The first-order chi connectivity index (χ1) is 12.3. The molecule has 140 valence electrons. The SMILES string of the molecule is CCCCC(C)(C)C(O)/C(=C\c1cccnc1)Oc1ccc(C)cc1C. The standard InChI is InChI=1S/C23H31NO2/c1-6-7-12-23(4,5)22(25)21(15-19-9-8-13-24-16-19)26-20-11-10-17(2)14-18(20)3/h8-11,13-16,22,25H,6-7,12H2,1-5H3/b21-15+. The molecule has 1 heterocycles. The van der Waals surface area contributed by atoms with Gasteiger partial charge in [0.05, 0.1) is 0 Å². The molecule has 0 saturated heterocycles. The second kappa shape index (κ2) is 9.00. The van der Waals surface area contributed by atoms with E-state index in [0.29, 0.717) is 5.76 Å². The average Bonchev–Trinajstić information content (AvgIpc) is 2.62. The van der Waals surface area contributed by atoms with Crippen LogP contribution in [0, 0.1) is 19.3 Å². The molecule has 2 aromatic rings. The van der Waals surface area contributed by atoms with Crippen LogP contribution in [0.15, 0.2) is 48.5 Å². The number of hydrogen-bond donors (Lipinski definition) is 1. The molecule has 0 amide bonds. The van der Waals surface area contributed by atoms with Crippen molar-refractivity contribution >= 4 is 6.08 Å². The maximum absolute atomic E-state index is 11.1. The number of unbranched alkanes of at least 4 members (excludes halogenated alkanes) is 1. The van der Waals surface area contributed by atoms with Crippen molar-refractivity contribution in [3.05, 3.63) is 65.2 Å². The summed E-state index contributed by atoms with van der Waals surface area (Å²) >= 11 is 0. The van der Waals surface area contributed by atoms with Gasteiger partial charge in [-0.05, 0) is 55.0 Å². The quantitative estimate of drug-likeness (QED) is 0.619. The van der Waals surface area contributed by atoms with Crippen LogP contribution in [0.4, 0.5) is 0 Å². The lowest BCUT2D eigenvalue weighted by atomic mass is 9.80. The Morgan fingerprint density at radius 2 is 2.04 bits per heavy atom. The molecule has 2 rings (SSSR count). The minimum absolute atomic E-state index is 0.275. The average molecular weight is 354 g/mol. The highest BCUT2D eigenvalue weighted by atomic mass is 16.5. The Morgan fingerprint density at radius 3 is 2.65 bits per heavy atom. The molecule has 1 unspecified atom stereocenters. The van der Waals surface area contributed by atoms with Gasteiger partial charge in [-0.1, -0.05) is 57.4 Å². The van der Waals surface area contributed by atoms with E-state index < -0.39 is 6.10 Å². The molecule has 0 fully saturated rings. The molecule has 1 atom stereocenters. The lowest BCUT2D eigenvalue weighted by Gasteiger charge is -2.32. The maximum atomic E-state index is 11.1. The number of pyridine rings is 1. The zero-order valence-corrected chi connectivity index (χ0v) is 16.6. The van der Waals surface area contributed by atoms with Crippen molar-refractivity contribution < 1.29 is 9.84 Å².